The van der Waals surface area contributed by atoms with Gasteiger partial charge in [0.25, 0.3) is 0 Å². The van der Waals surface area contributed by atoms with Crippen LogP contribution >= 0.6 is 0 Å². The van der Waals surface area contributed by atoms with Gasteiger partial charge in [-0.3, -0.25) is 4.79 Å². The Balaban J connectivity index is 2.46. The Morgan fingerprint density at radius 2 is 1.00 bits per heavy atom. The minimum atomic E-state index is -0.752. The van der Waals surface area contributed by atoms with Crippen LogP contribution in [0.3, 0.4) is 0 Å². The van der Waals surface area contributed by atoms with E-state index in [-0.39, 0.29) is 5.97 Å². The van der Waals surface area contributed by atoms with Gasteiger partial charge in [-0.1, -0.05) is 103 Å². The van der Waals surface area contributed by atoms with Crippen molar-refractivity contribution in [3.05, 3.63) is 28.8 Å². The summed E-state index contributed by atoms with van der Waals surface area (Å²) in [6.07, 6.45) is 19.9. The summed E-state index contributed by atoms with van der Waals surface area (Å²) >= 11 is 0. The summed E-state index contributed by atoms with van der Waals surface area (Å²) in [6, 6.07) is 3.75. The normalized spacial score (nSPS) is 12.7. The summed E-state index contributed by atoms with van der Waals surface area (Å²) in [5.74, 6) is 0.274. The summed E-state index contributed by atoms with van der Waals surface area (Å²) < 4.78 is 5.88. The number of ether oxygens (including phenoxy) is 1. The molecule has 0 fully saturated rings. The van der Waals surface area contributed by atoms with Crippen LogP contribution < -0.4 is 21.9 Å². The molecule has 38 heavy (non-hydrogen) atoms. The maximum Gasteiger partial charge on any atom is 0.311 e. The second-order valence-corrected chi connectivity index (χ2v) is 13.2. The number of rotatable bonds is 20. The lowest BCUT2D eigenvalue weighted by Gasteiger charge is -2.36. The van der Waals surface area contributed by atoms with Crippen molar-refractivity contribution >= 4 is 5.97 Å². The lowest BCUT2D eigenvalue weighted by atomic mass is 9.75. The van der Waals surface area contributed by atoms with Crippen LogP contribution in [-0.2, 0) is 21.4 Å². The van der Waals surface area contributed by atoms with Crippen LogP contribution in [0.25, 0.3) is 0 Å². The Labute approximate surface area is 235 Å². The number of carbonyl (C=O) groups excluding carboxylic acids is 1. The maximum absolute atomic E-state index is 12.7. The minimum Gasteiger partial charge on any atom is -0.426 e. The average molecular weight is 532 g/mol. The van der Waals surface area contributed by atoms with E-state index in [1.807, 2.05) is 53.7 Å². The molecule has 0 bridgehead atoms. The standard InChI is InChI=1S/C33H61N3O2/c1-8-9-10-11-12-13-14-15-16-17-18-19-20-21-22-23-28(37)38-27-25-24-26(31(2,3)34)29(32(4,5)35)30(27)33(6,7)36/h24-25H,8-23,34-36H2,1-7H3. The van der Waals surface area contributed by atoms with Crippen molar-refractivity contribution in [2.75, 3.05) is 0 Å². The molecular formula is C33H61N3O2. The first-order chi connectivity index (χ1) is 17.7. The monoisotopic (exact) mass is 531 g/mol. The Hall–Kier alpha value is -1.43. The molecule has 0 amide bonds. The van der Waals surface area contributed by atoms with Gasteiger partial charge < -0.3 is 21.9 Å². The zero-order chi connectivity index (χ0) is 28.8. The molecule has 0 heterocycles. The molecule has 0 aliphatic heterocycles. The third-order valence-electron chi connectivity index (χ3n) is 7.36. The SMILES string of the molecule is CCCCCCCCCCCCCCCCCC(=O)Oc1ccc(C(C)(C)N)c(C(C)(C)N)c1C(C)(C)N. The molecule has 0 radical (unpaired) electrons. The van der Waals surface area contributed by atoms with Gasteiger partial charge in [0.1, 0.15) is 5.75 Å². The minimum absolute atomic E-state index is 0.217. The van der Waals surface area contributed by atoms with Crippen LogP contribution in [0.15, 0.2) is 12.1 Å². The first kappa shape index (κ1) is 34.6. The first-order valence-corrected chi connectivity index (χ1v) is 15.4. The smallest absolute Gasteiger partial charge is 0.311 e. The van der Waals surface area contributed by atoms with Crippen LogP contribution in [0.1, 0.15) is 168 Å². The van der Waals surface area contributed by atoms with Crippen molar-refractivity contribution in [2.24, 2.45) is 17.2 Å². The van der Waals surface area contributed by atoms with Gasteiger partial charge in [0.05, 0.1) is 0 Å². The molecule has 0 spiro atoms. The van der Waals surface area contributed by atoms with Crippen LogP contribution in [0.4, 0.5) is 0 Å². The zero-order valence-corrected chi connectivity index (χ0v) is 26.0. The number of hydrogen-bond acceptors (Lipinski definition) is 5. The molecule has 0 atom stereocenters. The number of nitrogens with two attached hydrogens (primary N) is 3. The van der Waals surface area contributed by atoms with Crippen molar-refractivity contribution in [2.45, 2.75) is 168 Å². The quantitative estimate of drug-likeness (QED) is 0.0889. The Bertz CT molecular complexity index is 813. The Kier molecular flexibility index (Phi) is 15.1. The molecule has 1 aromatic rings. The predicted octanol–water partition coefficient (Wildman–Crippen LogP) is 8.43. The van der Waals surface area contributed by atoms with E-state index in [0.717, 1.165) is 29.5 Å². The van der Waals surface area contributed by atoms with Crippen molar-refractivity contribution in [3.63, 3.8) is 0 Å². The van der Waals surface area contributed by atoms with E-state index in [1.165, 1.54) is 83.5 Å². The summed E-state index contributed by atoms with van der Waals surface area (Å²) in [4.78, 5) is 12.7. The fraction of sp³-hybridized carbons (Fsp3) is 0.788. The topological polar surface area (TPSA) is 104 Å². The van der Waals surface area contributed by atoms with Gasteiger partial charge >= 0.3 is 5.97 Å². The average Bonchev–Trinajstić information content (AvgIpc) is 2.79. The lowest BCUT2D eigenvalue weighted by Crippen LogP contribution is -2.42. The summed E-state index contributed by atoms with van der Waals surface area (Å²) in [5, 5.41) is 0. The van der Waals surface area contributed by atoms with Crippen molar-refractivity contribution < 1.29 is 9.53 Å². The number of unbranched alkanes of at least 4 members (excludes halogenated alkanes) is 14. The highest BCUT2D eigenvalue weighted by Gasteiger charge is 2.35. The van der Waals surface area contributed by atoms with E-state index in [0.29, 0.717) is 12.2 Å². The second-order valence-electron chi connectivity index (χ2n) is 13.2. The van der Waals surface area contributed by atoms with Gasteiger partial charge in [0.2, 0.25) is 0 Å². The van der Waals surface area contributed by atoms with E-state index in [9.17, 15) is 4.79 Å². The summed E-state index contributed by atoms with van der Waals surface area (Å²) in [6.45, 7) is 13.9. The number of esters is 1. The molecule has 1 aromatic carbocycles. The molecule has 6 N–H and O–H groups in total. The van der Waals surface area contributed by atoms with Crippen molar-refractivity contribution in [1.82, 2.24) is 0 Å². The highest BCUT2D eigenvalue weighted by atomic mass is 16.5. The molecule has 0 unspecified atom stereocenters. The Morgan fingerprint density at radius 1 is 0.605 bits per heavy atom. The molecule has 0 saturated carbocycles. The first-order valence-electron chi connectivity index (χ1n) is 15.4. The van der Waals surface area contributed by atoms with E-state index in [2.05, 4.69) is 6.92 Å². The molecular weight excluding hydrogens is 470 g/mol. The van der Waals surface area contributed by atoms with Crippen LogP contribution in [-0.4, -0.2) is 5.97 Å². The summed E-state index contributed by atoms with van der Waals surface area (Å²) in [5.41, 5.74) is 20.1. The third-order valence-corrected chi connectivity index (χ3v) is 7.36. The van der Waals surface area contributed by atoms with Crippen LogP contribution in [0, 0.1) is 0 Å². The highest BCUT2D eigenvalue weighted by Crippen LogP contribution is 2.41. The van der Waals surface area contributed by atoms with Gasteiger partial charge in [0.15, 0.2) is 0 Å². The molecule has 0 aliphatic carbocycles. The molecule has 0 aliphatic rings. The molecule has 5 heteroatoms. The molecule has 0 aromatic heterocycles. The Morgan fingerprint density at radius 3 is 1.37 bits per heavy atom. The van der Waals surface area contributed by atoms with Crippen LogP contribution in [0.2, 0.25) is 0 Å². The molecule has 0 saturated heterocycles. The number of hydrogen-bond donors (Lipinski definition) is 3. The zero-order valence-electron chi connectivity index (χ0n) is 26.0. The largest absolute Gasteiger partial charge is 0.426 e. The molecule has 220 valence electrons. The fourth-order valence-electron chi connectivity index (χ4n) is 5.33. The highest BCUT2D eigenvalue weighted by molar-refractivity contribution is 5.73. The predicted molar refractivity (Wildman–Crippen MR) is 163 cm³/mol. The van der Waals surface area contributed by atoms with Gasteiger partial charge in [-0.2, -0.15) is 0 Å². The van der Waals surface area contributed by atoms with Gasteiger partial charge in [-0.15, -0.1) is 0 Å². The van der Waals surface area contributed by atoms with E-state index in [4.69, 9.17) is 21.9 Å². The van der Waals surface area contributed by atoms with Crippen LogP contribution in [0.5, 0.6) is 5.75 Å². The summed E-state index contributed by atoms with van der Waals surface area (Å²) in [7, 11) is 0. The maximum atomic E-state index is 12.7. The molecule has 1 rings (SSSR count). The number of benzene rings is 1. The van der Waals surface area contributed by atoms with E-state index >= 15 is 0 Å². The fourth-order valence-corrected chi connectivity index (χ4v) is 5.33. The van der Waals surface area contributed by atoms with E-state index in [1.54, 1.807) is 0 Å². The van der Waals surface area contributed by atoms with Gasteiger partial charge in [-0.05, 0) is 65.2 Å². The second kappa shape index (κ2) is 16.6. The van der Waals surface area contributed by atoms with E-state index < -0.39 is 16.6 Å². The van der Waals surface area contributed by atoms with Gasteiger partial charge in [-0.25, -0.2) is 0 Å². The molecule has 5 nitrogen and oxygen atoms in total. The van der Waals surface area contributed by atoms with Crippen molar-refractivity contribution in [1.29, 1.82) is 0 Å². The van der Waals surface area contributed by atoms with Gasteiger partial charge in [0, 0.05) is 28.6 Å². The number of carbonyl (C=O) groups is 1. The lowest BCUT2D eigenvalue weighted by molar-refractivity contribution is -0.134. The van der Waals surface area contributed by atoms with Crippen molar-refractivity contribution in [3.8, 4) is 5.75 Å². The third kappa shape index (κ3) is 13.1.